The Morgan fingerprint density at radius 2 is 1.84 bits per heavy atom. The summed E-state index contributed by atoms with van der Waals surface area (Å²) in [5, 5.41) is 0. The van der Waals surface area contributed by atoms with Crippen molar-refractivity contribution in [1.29, 1.82) is 0 Å². The Morgan fingerprint density at radius 1 is 1.05 bits per heavy atom. The maximum Gasteiger partial charge on any atom is 0.0639 e. The third kappa shape index (κ3) is 4.01. The first-order chi connectivity index (χ1) is 9.29. The number of nitrogens with zero attached hydrogens (tertiary/aromatic N) is 1. The van der Waals surface area contributed by atoms with Crippen LogP contribution in [-0.2, 0) is 0 Å². The van der Waals surface area contributed by atoms with Crippen LogP contribution in [0.15, 0.2) is 53.5 Å². The van der Waals surface area contributed by atoms with Crippen LogP contribution in [-0.4, -0.2) is 11.8 Å². The molecule has 0 bridgehead atoms. The molecule has 94 valence electrons. The second-order valence-electron chi connectivity index (χ2n) is 4.09. The largest absolute Gasteiger partial charge is 0.250 e. The Hall–Kier alpha value is -1.98. The minimum absolute atomic E-state index is 0.970. The Bertz CT molecular complexity index is 633. The third-order valence-corrected chi connectivity index (χ3v) is 2.95. The molecule has 0 heterocycles. The fraction of sp³-hybridized carbons (Fsp3) is 0.118. The molecule has 2 aromatic rings. The molecular formula is C17H15NS. The predicted octanol–water partition coefficient (Wildman–Crippen LogP) is 4.42. The molecule has 0 saturated carbocycles. The molecule has 0 spiro atoms. The maximum atomic E-state index is 4.33. The van der Waals surface area contributed by atoms with Crippen molar-refractivity contribution in [3.63, 3.8) is 0 Å². The van der Waals surface area contributed by atoms with Crippen LogP contribution >= 0.6 is 11.8 Å². The minimum atomic E-state index is 0.970. The topological polar surface area (TPSA) is 12.4 Å². The zero-order chi connectivity index (χ0) is 13.5. The summed E-state index contributed by atoms with van der Waals surface area (Å²) < 4.78 is 0. The lowest BCUT2D eigenvalue weighted by Crippen LogP contribution is -1.82. The van der Waals surface area contributed by atoms with E-state index in [1.54, 1.807) is 11.8 Å². The molecule has 0 fully saturated rings. The molecule has 0 aliphatic rings. The molecule has 0 N–H and O–H groups in total. The van der Waals surface area contributed by atoms with Crippen molar-refractivity contribution < 1.29 is 0 Å². The quantitative estimate of drug-likeness (QED) is 0.445. The van der Waals surface area contributed by atoms with Crippen molar-refractivity contribution >= 4 is 23.0 Å². The van der Waals surface area contributed by atoms with Crippen LogP contribution < -0.4 is 0 Å². The highest BCUT2D eigenvalue weighted by Crippen LogP contribution is 2.17. The van der Waals surface area contributed by atoms with Gasteiger partial charge < -0.3 is 0 Å². The first-order valence-corrected chi connectivity index (χ1v) is 7.31. The van der Waals surface area contributed by atoms with E-state index in [1.807, 2.05) is 54.3 Å². The first-order valence-electron chi connectivity index (χ1n) is 6.02. The van der Waals surface area contributed by atoms with Crippen molar-refractivity contribution in [2.75, 3.05) is 6.26 Å². The molecule has 0 unspecified atom stereocenters. The van der Waals surface area contributed by atoms with Gasteiger partial charge in [-0.15, -0.1) is 11.8 Å². The molecule has 2 heteroatoms. The van der Waals surface area contributed by atoms with Gasteiger partial charge in [-0.05, 0) is 49.1 Å². The number of hydrogen-bond acceptors (Lipinski definition) is 2. The number of thioether (sulfide) groups is 1. The van der Waals surface area contributed by atoms with Gasteiger partial charge in [0, 0.05) is 11.1 Å². The van der Waals surface area contributed by atoms with Crippen molar-refractivity contribution in [2.24, 2.45) is 4.99 Å². The van der Waals surface area contributed by atoms with Gasteiger partial charge in [0.05, 0.1) is 11.2 Å². The molecular weight excluding hydrogens is 250 g/mol. The standard InChI is InChI=1S/C17H15NS/c1-14-12-17(18-13-19-2)11-10-16(14)9-8-15-6-4-3-5-7-15/h3-7,10-13H,1-2H3. The van der Waals surface area contributed by atoms with Gasteiger partial charge in [-0.1, -0.05) is 30.0 Å². The number of rotatable bonds is 2. The summed E-state index contributed by atoms with van der Waals surface area (Å²) in [5.74, 6) is 6.38. The lowest BCUT2D eigenvalue weighted by atomic mass is 10.1. The fourth-order valence-corrected chi connectivity index (χ4v) is 1.87. The average Bonchev–Trinajstić information content (AvgIpc) is 2.45. The van der Waals surface area contributed by atoms with Crippen molar-refractivity contribution in [1.82, 2.24) is 0 Å². The van der Waals surface area contributed by atoms with Crippen molar-refractivity contribution in [2.45, 2.75) is 6.92 Å². The fourth-order valence-electron chi connectivity index (χ4n) is 1.64. The Balaban J connectivity index is 2.23. The molecule has 0 aromatic heterocycles. The van der Waals surface area contributed by atoms with E-state index in [9.17, 15) is 0 Å². The second kappa shape index (κ2) is 6.82. The molecule has 0 atom stereocenters. The van der Waals surface area contributed by atoms with E-state index in [1.165, 1.54) is 0 Å². The van der Waals surface area contributed by atoms with Gasteiger partial charge in [-0.25, -0.2) is 0 Å². The van der Waals surface area contributed by atoms with E-state index >= 15 is 0 Å². The zero-order valence-corrected chi connectivity index (χ0v) is 11.9. The van der Waals surface area contributed by atoms with E-state index in [-0.39, 0.29) is 0 Å². The maximum absolute atomic E-state index is 4.33. The van der Waals surface area contributed by atoms with Gasteiger partial charge in [0.25, 0.3) is 0 Å². The van der Waals surface area contributed by atoms with E-state index < -0.39 is 0 Å². The number of benzene rings is 2. The van der Waals surface area contributed by atoms with Crippen LogP contribution in [0.5, 0.6) is 0 Å². The summed E-state index contributed by atoms with van der Waals surface area (Å²) in [7, 11) is 0. The van der Waals surface area contributed by atoms with Gasteiger partial charge >= 0.3 is 0 Å². The SMILES string of the molecule is CSC=Nc1ccc(C#Cc2ccccc2)c(C)c1. The van der Waals surface area contributed by atoms with E-state index in [2.05, 4.69) is 29.8 Å². The lowest BCUT2D eigenvalue weighted by molar-refractivity contribution is 1.41. The van der Waals surface area contributed by atoms with Gasteiger partial charge in [0.15, 0.2) is 0 Å². The van der Waals surface area contributed by atoms with Crippen molar-refractivity contribution in [3.8, 4) is 11.8 Å². The van der Waals surface area contributed by atoms with Crippen LogP contribution in [0.25, 0.3) is 0 Å². The highest BCUT2D eigenvalue weighted by Gasteiger charge is 1.96. The number of hydrogen-bond donors (Lipinski definition) is 0. The summed E-state index contributed by atoms with van der Waals surface area (Å²) in [6.45, 7) is 2.06. The molecule has 19 heavy (non-hydrogen) atoms. The van der Waals surface area contributed by atoms with Gasteiger partial charge in [0.1, 0.15) is 0 Å². The monoisotopic (exact) mass is 265 g/mol. The van der Waals surface area contributed by atoms with Crippen LogP contribution in [0.2, 0.25) is 0 Å². The molecule has 2 aromatic carbocycles. The Labute approximate surface area is 118 Å². The molecule has 1 nitrogen and oxygen atoms in total. The number of aliphatic imine (C=N–C) groups is 1. The van der Waals surface area contributed by atoms with E-state index in [0.29, 0.717) is 0 Å². The van der Waals surface area contributed by atoms with Gasteiger partial charge in [0.2, 0.25) is 0 Å². The van der Waals surface area contributed by atoms with E-state index in [0.717, 1.165) is 22.4 Å². The second-order valence-corrected chi connectivity index (χ2v) is 4.77. The lowest BCUT2D eigenvalue weighted by Gasteiger charge is -1.99. The van der Waals surface area contributed by atoms with Crippen LogP contribution in [0.1, 0.15) is 16.7 Å². The first kappa shape index (κ1) is 13.5. The molecule has 0 saturated heterocycles. The van der Waals surface area contributed by atoms with Crippen LogP contribution in [0.4, 0.5) is 5.69 Å². The molecule has 0 amide bonds. The van der Waals surface area contributed by atoms with E-state index in [4.69, 9.17) is 0 Å². The smallest absolute Gasteiger partial charge is 0.0639 e. The zero-order valence-electron chi connectivity index (χ0n) is 11.1. The summed E-state index contributed by atoms with van der Waals surface area (Å²) in [4.78, 5) is 4.33. The highest BCUT2D eigenvalue weighted by molar-refractivity contribution is 8.11. The average molecular weight is 265 g/mol. The molecule has 2 rings (SSSR count). The van der Waals surface area contributed by atoms with Crippen LogP contribution in [0, 0.1) is 18.8 Å². The Kier molecular flexibility index (Phi) is 4.83. The summed E-state index contributed by atoms with van der Waals surface area (Å²) in [5.41, 5.74) is 6.04. The normalized spacial score (nSPS) is 10.2. The highest BCUT2D eigenvalue weighted by atomic mass is 32.2. The van der Waals surface area contributed by atoms with Gasteiger partial charge in [-0.2, -0.15) is 0 Å². The van der Waals surface area contributed by atoms with Crippen LogP contribution in [0.3, 0.4) is 0 Å². The molecule has 0 radical (unpaired) electrons. The number of aryl methyl sites for hydroxylation is 1. The summed E-state index contributed by atoms with van der Waals surface area (Å²) in [6, 6.07) is 16.1. The summed E-state index contributed by atoms with van der Waals surface area (Å²) in [6.07, 6.45) is 2.00. The Morgan fingerprint density at radius 3 is 2.53 bits per heavy atom. The third-order valence-electron chi connectivity index (χ3n) is 2.63. The van der Waals surface area contributed by atoms with Gasteiger partial charge in [-0.3, -0.25) is 4.99 Å². The summed E-state index contributed by atoms with van der Waals surface area (Å²) >= 11 is 1.59. The molecule has 0 aliphatic heterocycles. The minimum Gasteiger partial charge on any atom is -0.250 e. The molecule has 0 aliphatic carbocycles. The predicted molar refractivity (Wildman–Crippen MR) is 85.3 cm³/mol. The van der Waals surface area contributed by atoms with Crippen molar-refractivity contribution in [3.05, 3.63) is 65.2 Å².